The monoisotopic (exact) mass is 550 g/mol. The molecule has 40 heavy (non-hydrogen) atoms. The second-order valence-corrected chi connectivity index (χ2v) is 9.02. The molecule has 3 amide bonds. The highest BCUT2D eigenvalue weighted by molar-refractivity contribution is 7.11. The van der Waals surface area contributed by atoms with Gasteiger partial charge in [0.25, 0.3) is 5.91 Å². The van der Waals surface area contributed by atoms with E-state index in [1.54, 1.807) is 72.8 Å². The summed E-state index contributed by atoms with van der Waals surface area (Å²) in [5.41, 5.74) is 6.69. The van der Waals surface area contributed by atoms with Gasteiger partial charge >= 0.3 is 6.03 Å². The molecule has 2 aromatic heterocycles. The van der Waals surface area contributed by atoms with Gasteiger partial charge in [-0.1, -0.05) is 54.6 Å². The number of thiophene rings is 1. The van der Waals surface area contributed by atoms with Gasteiger partial charge in [-0.15, -0.1) is 21.6 Å². The zero-order chi connectivity index (χ0) is 27.7. The van der Waals surface area contributed by atoms with E-state index in [1.807, 2.05) is 35.7 Å². The number of primary amides is 1. The lowest BCUT2D eigenvalue weighted by molar-refractivity contribution is 0.0998. The second kappa shape index (κ2) is 12.3. The van der Waals surface area contributed by atoms with Crippen LogP contribution < -0.4 is 25.8 Å². The number of nitrogens with zero attached hydrogens (tertiary/aromatic N) is 3. The predicted molar refractivity (Wildman–Crippen MR) is 153 cm³/mol. The number of carbonyl (C=O) groups excluding carboxylic acids is 2. The third-order valence-corrected chi connectivity index (χ3v) is 6.02. The molecule has 0 saturated carbocycles. The minimum absolute atomic E-state index is 0.00574. The Balaban J connectivity index is 1.66. The van der Waals surface area contributed by atoms with Crippen LogP contribution in [0.15, 0.2) is 119 Å². The number of ether oxygens (including phenoxy) is 2. The van der Waals surface area contributed by atoms with Crippen LogP contribution in [0.4, 0.5) is 27.8 Å². The molecule has 5 rings (SSSR count). The van der Waals surface area contributed by atoms with E-state index in [0.29, 0.717) is 22.2 Å². The molecule has 0 aliphatic rings. The van der Waals surface area contributed by atoms with E-state index in [1.165, 1.54) is 11.3 Å². The first-order valence-corrected chi connectivity index (χ1v) is 12.9. The maximum absolute atomic E-state index is 12.9. The van der Waals surface area contributed by atoms with Crippen LogP contribution in [-0.2, 0) is 0 Å². The van der Waals surface area contributed by atoms with Gasteiger partial charge in [0.15, 0.2) is 16.6 Å². The number of rotatable bonds is 9. The third-order valence-electron chi connectivity index (χ3n) is 5.28. The standard InChI is InChI=1S/C29H22N6O4S/c30-26(36)23-24(38-21-15-8-3-9-16-21)25(39-22-17-10-18-40-22)28(35-34-20-13-6-2-7-14-20)32-27(23)33-29(37)31-19-11-4-1-5-12-19/h1-18H,(H2,30,36)(H2,31,32,33,37). The van der Waals surface area contributed by atoms with Crippen LogP contribution in [0.5, 0.6) is 22.3 Å². The van der Waals surface area contributed by atoms with Crippen LogP contribution in [0, 0.1) is 0 Å². The molecule has 0 aliphatic carbocycles. The molecule has 2 heterocycles. The third kappa shape index (κ3) is 6.47. The summed E-state index contributed by atoms with van der Waals surface area (Å²) in [6, 6.07) is 29.4. The Kier molecular flexibility index (Phi) is 8.04. The largest absolute Gasteiger partial charge is 0.452 e. The van der Waals surface area contributed by atoms with Gasteiger partial charge in [0.05, 0.1) is 5.69 Å². The molecule has 5 aromatic rings. The summed E-state index contributed by atoms with van der Waals surface area (Å²) >= 11 is 1.31. The molecule has 4 N–H and O–H groups in total. The lowest BCUT2D eigenvalue weighted by Crippen LogP contribution is -2.24. The van der Waals surface area contributed by atoms with Gasteiger partial charge in [-0.05, 0) is 53.9 Å². The van der Waals surface area contributed by atoms with Crippen molar-refractivity contribution in [3.63, 3.8) is 0 Å². The van der Waals surface area contributed by atoms with Crippen LogP contribution in [0.25, 0.3) is 0 Å². The van der Waals surface area contributed by atoms with E-state index in [2.05, 4.69) is 25.8 Å². The zero-order valence-corrected chi connectivity index (χ0v) is 21.7. The van der Waals surface area contributed by atoms with Crippen LogP contribution in [0.3, 0.4) is 0 Å². The van der Waals surface area contributed by atoms with Crippen LogP contribution >= 0.6 is 11.3 Å². The average molecular weight is 551 g/mol. The van der Waals surface area contributed by atoms with E-state index >= 15 is 0 Å². The van der Waals surface area contributed by atoms with E-state index < -0.39 is 11.9 Å². The quantitative estimate of drug-likeness (QED) is 0.160. The number of hydrogen-bond acceptors (Lipinski definition) is 8. The number of carbonyl (C=O) groups is 2. The predicted octanol–water partition coefficient (Wildman–Crippen LogP) is 7.89. The van der Waals surface area contributed by atoms with Crippen molar-refractivity contribution in [3.05, 3.63) is 114 Å². The van der Waals surface area contributed by atoms with E-state index in [-0.39, 0.29) is 28.7 Å². The SMILES string of the molecule is NC(=O)c1c(NC(=O)Nc2ccccc2)nc(N=Nc2ccccc2)c(Oc2cccs2)c1Oc1ccccc1. The number of benzene rings is 3. The topological polar surface area (TPSA) is 140 Å². The number of para-hydroxylation sites is 2. The molecule has 0 spiro atoms. The number of nitrogens with two attached hydrogens (primary N) is 1. The fourth-order valence-electron chi connectivity index (χ4n) is 3.53. The van der Waals surface area contributed by atoms with Gasteiger partial charge in [0.1, 0.15) is 11.3 Å². The van der Waals surface area contributed by atoms with Crippen molar-refractivity contribution in [2.24, 2.45) is 16.0 Å². The van der Waals surface area contributed by atoms with Crippen molar-refractivity contribution >= 4 is 46.3 Å². The fourth-order valence-corrected chi connectivity index (χ4v) is 4.11. The van der Waals surface area contributed by atoms with Crippen molar-refractivity contribution in [1.82, 2.24) is 4.98 Å². The Morgan fingerprint density at radius 1 is 0.750 bits per heavy atom. The van der Waals surface area contributed by atoms with Crippen LogP contribution in [0.2, 0.25) is 0 Å². The number of aromatic nitrogens is 1. The number of urea groups is 1. The van der Waals surface area contributed by atoms with Gasteiger partial charge in [0, 0.05) is 5.69 Å². The zero-order valence-electron chi connectivity index (χ0n) is 20.9. The first-order chi connectivity index (χ1) is 19.6. The lowest BCUT2D eigenvalue weighted by Gasteiger charge is -2.18. The summed E-state index contributed by atoms with van der Waals surface area (Å²) in [7, 11) is 0. The highest BCUT2D eigenvalue weighted by atomic mass is 32.1. The Labute approximate surface area is 233 Å². The second-order valence-electron chi connectivity index (χ2n) is 8.11. The molecule has 0 radical (unpaired) electrons. The van der Waals surface area contributed by atoms with Gasteiger partial charge in [-0.2, -0.15) is 0 Å². The number of pyridine rings is 1. The Morgan fingerprint density at radius 3 is 2.08 bits per heavy atom. The average Bonchev–Trinajstić information content (AvgIpc) is 3.48. The fraction of sp³-hybridized carbons (Fsp3) is 0. The number of azo groups is 1. The van der Waals surface area contributed by atoms with Crippen LogP contribution in [-0.4, -0.2) is 16.9 Å². The molecule has 0 saturated heterocycles. The van der Waals surface area contributed by atoms with Gasteiger partial charge in [-0.3, -0.25) is 10.1 Å². The highest BCUT2D eigenvalue weighted by Crippen LogP contribution is 2.47. The minimum atomic E-state index is -0.906. The molecule has 11 heteroatoms. The summed E-state index contributed by atoms with van der Waals surface area (Å²) < 4.78 is 12.3. The molecule has 0 fully saturated rings. The van der Waals surface area contributed by atoms with Gasteiger partial charge in [-0.25, -0.2) is 9.78 Å². The molecular formula is C29H22N6O4S. The number of hydrogen-bond donors (Lipinski definition) is 3. The minimum Gasteiger partial charge on any atom is -0.452 e. The summed E-state index contributed by atoms with van der Waals surface area (Å²) in [5.74, 6) is -0.850. The molecule has 0 bridgehead atoms. The molecule has 10 nitrogen and oxygen atoms in total. The number of anilines is 2. The Bertz CT molecular complexity index is 1630. The summed E-state index contributed by atoms with van der Waals surface area (Å²) in [4.78, 5) is 30.2. The summed E-state index contributed by atoms with van der Waals surface area (Å²) in [6.45, 7) is 0. The Hall–Kier alpha value is -5.55. The molecule has 0 unspecified atom stereocenters. The highest BCUT2D eigenvalue weighted by Gasteiger charge is 2.29. The van der Waals surface area contributed by atoms with Crippen molar-refractivity contribution in [1.29, 1.82) is 0 Å². The molecule has 0 aliphatic heterocycles. The number of nitrogens with one attached hydrogen (secondary N) is 2. The molecule has 198 valence electrons. The summed E-state index contributed by atoms with van der Waals surface area (Å²) in [5, 5.41) is 16.2. The smallest absolute Gasteiger partial charge is 0.324 e. The van der Waals surface area contributed by atoms with Gasteiger partial charge < -0.3 is 20.5 Å². The maximum Gasteiger partial charge on any atom is 0.324 e. The number of amides is 3. The first kappa shape index (κ1) is 26.1. The van der Waals surface area contributed by atoms with Crippen molar-refractivity contribution in [2.75, 3.05) is 10.6 Å². The van der Waals surface area contributed by atoms with Crippen molar-refractivity contribution in [3.8, 4) is 22.3 Å². The Morgan fingerprint density at radius 2 is 1.43 bits per heavy atom. The normalized spacial score (nSPS) is 10.7. The summed E-state index contributed by atoms with van der Waals surface area (Å²) in [6.07, 6.45) is 0. The maximum atomic E-state index is 12.9. The molecule has 0 atom stereocenters. The van der Waals surface area contributed by atoms with Gasteiger partial charge in [0.2, 0.25) is 11.6 Å². The van der Waals surface area contributed by atoms with E-state index in [9.17, 15) is 9.59 Å². The van der Waals surface area contributed by atoms with Crippen molar-refractivity contribution in [2.45, 2.75) is 0 Å². The van der Waals surface area contributed by atoms with E-state index in [0.717, 1.165) is 0 Å². The van der Waals surface area contributed by atoms with Crippen LogP contribution in [0.1, 0.15) is 10.4 Å². The van der Waals surface area contributed by atoms with Crippen molar-refractivity contribution < 1.29 is 19.1 Å². The lowest BCUT2D eigenvalue weighted by atomic mass is 10.2. The molecule has 3 aromatic carbocycles. The van der Waals surface area contributed by atoms with E-state index in [4.69, 9.17) is 15.2 Å². The molecular weight excluding hydrogens is 528 g/mol. The first-order valence-electron chi connectivity index (χ1n) is 12.0.